The summed E-state index contributed by atoms with van der Waals surface area (Å²) in [5.41, 5.74) is 0.856. The van der Waals surface area contributed by atoms with Crippen LogP contribution in [0.15, 0.2) is 53.3 Å². The molecule has 0 bridgehead atoms. The topological polar surface area (TPSA) is 77.2 Å². The molecule has 3 aromatic rings. The van der Waals surface area contributed by atoms with Gasteiger partial charge in [-0.05, 0) is 43.3 Å². The highest BCUT2D eigenvalue weighted by molar-refractivity contribution is 5.94. The molecule has 0 saturated carbocycles. The van der Waals surface area contributed by atoms with Crippen LogP contribution in [0.25, 0.3) is 11.5 Å². The minimum Gasteiger partial charge on any atom is -0.481 e. The Labute approximate surface area is 141 Å². The van der Waals surface area contributed by atoms with Crippen LogP contribution in [-0.4, -0.2) is 22.2 Å². The fraction of sp³-hybridized carbons (Fsp3) is 0.118. The van der Waals surface area contributed by atoms with Crippen LogP contribution in [0.4, 0.5) is 14.5 Å². The zero-order chi connectivity index (χ0) is 17.8. The van der Waals surface area contributed by atoms with Crippen LogP contribution in [0, 0.1) is 11.6 Å². The van der Waals surface area contributed by atoms with Gasteiger partial charge < -0.3 is 14.5 Å². The highest BCUT2D eigenvalue weighted by atomic mass is 19.2. The summed E-state index contributed by atoms with van der Waals surface area (Å²) in [6, 6.07) is 9.83. The number of aromatic nitrogens is 2. The van der Waals surface area contributed by atoms with E-state index in [0.29, 0.717) is 17.2 Å². The Balaban J connectivity index is 1.62. The predicted octanol–water partition coefficient (Wildman–Crippen LogP) is 3.42. The first-order chi connectivity index (χ1) is 12.0. The number of benzene rings is 2. The fourth-order valence-electron chi connectivity index (χ4n) is 2.05. The lowest BCUT2D eigenvalue weighted by Crippen LogP contribution is -2.30. The summed E-state index contributed by atoms with van der Waals surface area (Å²) in [6.45, 7) is 1.54. The molecule has 0 aliphatic heterocycles. The molecule has 0 spiro atoms. The highest BCUT2D eigenvalue weighted by Crippen LogP contribution is 2.21. The molecular formula is C17H13F2N3O3. The second-order valence-corrected chi connectivity index (χ2v) is 5.15. The Morgan fingerprint density at radius 2 is 1.92 bits per heavy atom. The number of carbonyl (C=O) groups is 1. The number of halogens is 2. The van der Waals surface area contributed by atoms with Crippen molar-refractivity contribution in [1.29, 1.82) is 0 Å². The van der Waals surface area contributed by atoms with Crippen molar-refractivity contribution in [2.75, 3.05) is 5.32 Å². The first kappa shape index (κ1) is 16.6. The van der Waals surface area contributed by atoms with E-state index in [0.717, 1.165) is 12.1 Å². The molecule has 0 aliphatic rings. The fourth-order valence-corrected chi connectivity index (χ4v) is 2.05. The van der Waals surface area contributed by atoms with Crippen LogP contribution >= 0.6 is 0 Å². The van der Waals surface area contributed by atoms with Crippen molar-refractivity contribution >= 4 is 11.6 Å². The van der Waals surface area contributed by atoms with E-state index in [-0.39, 0.29) is 5.69 Å². The predicted molar refractivity (Wildman–Crippen MR) is 84.8 cm³/mol. The van der Waals surface area contributed by atoms with E-state index in [1.165, 1.54) is 12.5 Å². The molecule has 6 nitrogen and oxygen atoms in total. The van der Waals surface area contributed by atoms with Gasteiger partial charge in [0.1, 0.15) is 5.75 Å². The number of hydrogen-bond acceptors (Lipinski definition) is 5. The lowest BCUT2D eigenvalue weighted by Gasteiger charge is -2.15. The first-order valence-corrected chi connectivity index (χ1v) is 7.32. The molecule has 1 N–H and O–H groups in total. The zero-order valence-corrected chi connectivity index (χ0v) is 13.1. The number of amides is 1. The van der Waals surface area contributed by atoms with Gasteiger partial charge in [0.15, 0.2) is 17.7 Å². The molecule has 1 atom stereocenters. The monoisotopic (exact) mass is 345 g/mol. The molecule has 8 heteroatoms. The SMILES string of the molecule is CC(Oc1ccc(-c2nnco2)cc1)C(=O)Nc1ccc(F)c(F)c1. The third-order valence-electron chi connectivity index (χ3n) is 3.33. The number of rotatable bonds is 5. The van der Waals surface area contributed by atoms with Crippen molar-refractivity contribution in [3.05, 3.63) is 60.5 Å². The largest absolute Gasteiger partial charge is 0.481 e. The number of hydrogen-bond donors (Lipinski definition) is 1. The summed E-state index contributed by atoms with van der Waals surface area (Å²) in [5.74, 6) is -1.69. The Morgan fingerprint density at radius 1 is 1.16 bits per heavy atom. The molecule has 1 aromatic heterocycles. The Morgan fingerprint density at radius 3 is 2.56 bits per heavy atom. The van der Waals surface area contributed by atoms with Crippen molar-refractivity contribution in [1.82, 2.24) is 10.2 Å². The molecule has 0 radical (unpaired) electrons. The van der Waals surface area contributed by atoms with Gasteiger partial charge in [-0.1, -0.05) is 0 Å². The van der Waals surface area contributed by atoms with Crippen LogP contribution in [0.3, 0.4) is 0 Å². The standard InChI is InChI=1S/C17H13F2N3O3/c1-10(16(23)21-12-4-7-14(18)15(19)8-12)25-13-5-2-11(3-6-13)17-22-20-9-24-17/h2-10H,1H3,(H,21,23). The molecule has 1 unspecified atom stereocenters. The zero-order valence-electron chi connectivity index (χ0n) is 13.1. The molecule has 1 amide bonds. The third kappa shape index (κ3) is 3.97. The van der Waals surface area contributed by atoms with E-state index in [9.17, 15) is 13.6 Å². The number of carbonyl (C=O) groups excluding carboxylic acids is 1. The van der Waals surface area contributed by atoms with E-state index < -0.39 is 23.6 Å². The minimum absolute atomic E-state index is 0.145. The van der Waals surface area contributed by atoms with E-state index in [4.69, 9.17) is 9.15 Å². The number of ether oxygens (including phenoxy) is 1. The van der Waals surface area contributed by atoms with Crippen LogP contribution < -0.4 is 10.1 Å². The second-order valence-electron chi connectivity index (χ2n) is 5.15. The molecule has 1 heterocycles. The van der Waals surface area contributed by atoms with Crippen molar-refractivity contribution in [2.45, 2.75) is 13.0 Å². The highest BCUT2D eigenvalue weighted by Gasteiger charge is 2.16. The summed E-state index contributed by atoms with van der Waals surface area (Å²) < 4.78 is 36.7. The van der Waals surface area contributed by atoms with Crippen LogP contribution in [0.2, 0.25) is 0 Å². The molecule has 0 saturated heterocycles. The maximum Gasteiger partial charge on any atom is 0.265 e. The summed E-state index contributed by atoms with van der Waals surface area (Å²) in [5, 5.41) is 9.84. The maximum absolute atomic E-state index is 13.2. The van der Waals surface area contributed by atoms with E-state index >= 15 is 0 Å². The van der Waals surface area contributed by atoms with Gasteiger partial charge in [0.2, 0.25) is 12.3 Å². The average Bonchev–Trinajstić information content (AvgIpc) is 3.13. The summed E-state index contributed by atoms with van der Waals surface area (Å²) >= 11 is 0. The van der Waals surface area contributed by atoms with E-state index in [1.807, 2.05) is 0 Å². The van der Waals surface area contributed by atoms with Crippen molar-refractivity contribution in [3.8, 4) is 17.2 Å². The molecular weight excluding hydrogens is 332 g/mol. The van der Waals surface area contributed by atoms with Crippen LogP contribution in [0.5, 0.6) is 5.75 Å². The molecule has 3 rings (SSSR count). The van der Waals surface area contributed by atoms with Crippen molar-refractivity contribution in [3.63, 3.8) is 0 Å². The Hall–Kier alpha value is -3.29. The minimum atomic E-state index is -1.04. The van der Waals surface area contributed by atoms with Gasteiger partial charge >= 0.3 is 0 Å². The normalized spacial score (nSPS) is 11.8. The third-order valence-corrected chi connectivity index (χ3v) is 3.33. The number of nitrogens with one attached hydrogen (secondary N) is 1. The van der Waals surface area contributed by atoms with Crippen LogP contribution in [0.1, 0.15) is 6.92 Å². The summed E-state index contributed by atoms with van der Waals surface area (Å²) in [4.78, 5) is 12.1. The van der Waals surface area contributed by atoms with Gasteiger partial charge in [-0.15, -0.1) is 10.2 Å². The van der Waals surface area contributed by atoms with Gasteiger partial charge in [-0.2, -0.15) is 0 Å². The molecule has 2 aromatic carbocycles. The molecule has 128 valence electrons. The summed E-state index contributed by atoms with van der Waals surface area (Å²) in [6.07, 6.45) is 0.382. The molecule has 0 aliphatic carbocycles. The average molecular weight is 345 g/mol. The Kier molecular flexibility index (Phi) is 4.69. The van der Waals surface area contributed by atoms with Crippen molar-refractivity contribution < 1.29 is 22.7 Å². The lowest BCUT2D eigenvalue weighted by atomic mass is 10.2. The second kappa shape index (κ2) is 7.08. The smallest absolute Gasteiger partial charge is 0.265 e. The van der Waals surface area contributed by atoms with Gasteiger partial charge in [0.25, 0.3) is 5.91 Å². The van der Waals surface area contributed by atoms with Gasteiger partial charge in [-0.25, -0.2) is 8.78 Å². The maximum atomic E-state index is 13.2. The van der Waals surface area contributed by atoms with Gasteiger partial charge in [0.05, 0.1) is 0 Å². The molecule has 0 fully saturated rings. The quantitative estimate of drug-likeness (QED) is 0.767. The van der Waals surface area contributed by atoms with E-state index in [2.05, 4.69) is 15.5 Å². The summed E-state index contributed by atoms with van der Waals surface area (Å²) in [7, 11) is 0. The lowest BCUT2D eigenvalue weighted by molar-refractivity contribution is -0.122. The number of nitrogens with zero attached hydrogens (tertiary/aromatic N) is 2. The van der Waals surface area contributed by atoms with Crippen molar-refractivity contribution in [2.24, 2.45) is 0 Å². The first-order valence-electron chi connectivity index (χ1n) is 7.32. The molecule has 25 heavy (non-hydrogen) atoms. The Bertz CT molecular complexity index is 867. The van der Waals surface area contributed by atoms with Gasteiger partial charge in [0, 0.05) is 17.3 Å². The van der Waals surface area contributed by atoms with Crippen LogP contribution in [-0.2, 0) is 4.79 Å². The van der Waals surface area contributed by atoms with E-state index in [1.54, 1.807) is 31.2 Å². The van der Waals surface area contributed by atoms with Gasteiger partial charge in [-0.3, -0.25) is 4.79 Å². The number of anilines is 1.